The molecule has 0 radical (unpaired) electrons. The van der Waals surface area contributed by atoms with Crippen LogP contribution in [-0.4, -0.2) is 33.6 Å². The zero-order valence-corrected chi connectivity index (χ0v) is 19.4. The predicted molar refractivity (Wildman–Crippen MR) is 127 cm³/mol. The molecule has 1 aliphatic heterocycles. The van der Waals surface area contributed by atoms with Crippen LogP contribution in [0.3, 0.4) is 0 Å². The van der Waals surface area contributed by atoms with Gasteiger partial charge in [0, 0.05) is 30.5 Å². The quantitative estimate of drug-likeness (QED) is 0.587. The van der Waals surface area contributed by atoms with Gasteiger partial charge in [-0.3, -0.25) is 9.20 Å². The number of aromatic nitrogens is 2. The number of aromatic carboxylic acids is 1. The van der Waals surface area contributed by atoms with Gasteiger partial charge >= 0.3 is 5.97 Å². The van der Waals surface area contributed by atoms with Gasteiger partial charge in [-0.2, -0.15) is 4.39 Å². The normalized spacial score (nSPS) is 16.6. The molecule has 1 atom stereocenters. The maximum absolute atomic E-state index is 15.1. The topological polar surface area (TPSA) is 86.9 Å². The van der Waals surface area contributed by atoms with E-state index in [1.54, 1.807) is 24.4 Å². The molecule has 4 rings (SSSR count). The lowest BCUT2D eigenvalue weighted by molar-refractivity contribution is 0.0698. The summed E-state index contributed by atoms with van der Waals surface area (Å²) in [5.74, 6) is -1.80. The van der Waals surface area contributed by atoms with Crippen LogP contribution in [-0.2, 0) is 0 Å². The summed E-state index contributed by atoms with van der Waals surface area (Å²) in [6.07, 6.45) is 3.36. The molecule has 1 saturated heterocycles. The largest absolute Gasteiger partial charge is 0.478 e. The standard InChI is InChI=1S/C25H29FN4O3/c1-15-13-18(16(2)27-19-8-6-5-7-17(19)24(32)33)21-28-22(20(26)23(31)30(21)14-15)29-11-9-25(3,4)10-12-29/h5-8,13-14,16,27H,9-12H2,1-4H3,(H,32,33). The van der Waals surface area contributed by atoms with Crippen LogP contribution in [0, 0.1) is 18.2 Å². The number of anilines is 2. The second-order valence-corrected chi connectivity index (χ2v) is 9.59. The molecule has 1 unspecified atom stereocenters. The van der Waals surface area contributed by atoms with Crippen LogP contribution in [0.1, 0.15) is 61.1 Å². The van der Waals surface area contributed by atoms with Crippen LogP contribution in [0.5, 0.6) is 0 Å². The number of rotatable bonds is 5. The molecule has 0 spiro atoms. The van der Waals surface area contributed by atoms with Gasteiger partial charge in [0.25, 0.3) is 5.56 Å². The fourth-order valence-electron chi connectivity index (χ4n) is 4.33. The second kappa shape index (κ2) is 8.50. The summed E-state index contributed by atoms with van der Waals surface area (Å²) in [4.78, 5) is 31.1. The Morgan fingerprint density at radius 2 is 1.91 bits per heavy atom. The molecule has 0 aliphatic carbocycles. The Labute approximate surface area is 191 Å². The molecule has 0 amide bonds. The third-order valence-corrected chi connectivity index (χ3v) is 6.43. The van der Waals surface area contributed by atoms with Gasteiger partial charge in [-0.05, 0) is 55.9 Å². The number of carboxylic acids is 1. The first-order valence-electron chi connectivity index (χ1n) is 11.1. The van der Waals surface area contributed by atoms with Crippen molar-refractivity contribution < 1.29 is 14.3 Å². The summed E-state index contributed by atoms with van der Waals surface area (Å²) in [6, 6.07) is 8.15. The molecule has 2 aromatic heterocycles. The van der Waals surface area contributed by atoms with Gasteiger partial charge in [0.2, 0.25) is 5.82 Å². The molecule has 7 nitrogen and oxygen atoms in total. The van der Waals surface area contributed by atoms with E-state index in [9.17, 15) is 14.7 Å². The van der Waals surface area contributed by atoms with Gasteiger partial charge in [0.05, 0.1) is 11.6 Å². The first-order chi connectivity index (χ1) is 15.6. The van der Waals surface area contributed by atoms with E-state index in [4.69, 9.17) is 0 Å². The van der Waals surface area contributed by atoms with Crippen molar-refractivity contribution in [2.24, 2.45) is 5.41 Å². The Balaban J connectivity index is 1.80. The summed E-state index contributed by atoms with van der Waals surface area (Å²) < 4.78 is 16.4. The number of halogens is 1. The van der Waals surface area contributed by atoms with Crippen molar-refractivity contribution >= 4 is 23.1 Å². The molecule has 8 heteroatoms. The zero-order valence-electron chi connectivity index (χ0n) is 19.4. The maximum atomic E-state index is 15.1. The Kier molecular flexibility index (Phi) is 5.86. The smallest absolute Gasteiger partial charge is 0.337 e. The van der Waals surface area contributed by atoms with E-state index in [2.05, 4.69) is 24.1 Å². The molecule has 1 fully saturated rings. The Morgan fingerprint density at radius 1 is 1.24 bits per heavy atom. The van der Waals surface area contributed by atoms with Crippen LogP contribution >= 0.6 is 0 Å². The van der Waals surface area contributed by atoms with Gasteiger partial charge < -0.3 is 15.3 Å². The van der Waals surface area contributed by atoms with Gasteiger partial charge in [-0.25, -0.2) is 9.78 Å². The molecule has 1 aliphatic rings. The number of para-hydroxylation sites is 1. The van der Waals surface area contributed by atoms with Crippen molar-refractivity contribution in [2.75, 3.05) is 23.3 Å². The SMILES string of the molecule is Cc1cc(C(C)Nc2ccccc2C(=O)O)c2nc(N3CCC(C)(C)CC3)c(F)c(=O)n2c1. The fourth-order valence-corrected chi connectivity index (χ4v) is 4.33. The molecule has 174 valence electrons. The Morgan fingerprint density at radius 3 is 2.58 bits per heavy atom. The van der Waals surface area contributed by atoms with Gasteiger partial charge in [-0.15, -0.1) is 0 Å². The highest BCUT2D eigenvalue weighted by molar-refractivity contribution is 5.94. The fraction of sp³-hybridized carbons (Fsp3) is 0.400. The van der Waals surface area contributed by atoms with Crippen molar-refractivity contribution in [1.29, 1.82) is 0 Å². The number of piperidine rings is 1. The molecule has 0 bridgehead atoms. The van der Waals surface area contributed by atoms with E-state index in [-0.39, 0.29) is 22.8 Å². The average Bonchev–Trinajstić information content (AvgIpc) is 2.76. The summed E-state index contributed by atoms with van der Waals surface area (Å²) in [6.45, 7) is 9.33. The minimum atomic E-state index is -1.04. The van der Waals surface area contributed by atoms with E-state index in [0.717, 1.165) is 18.4 Å². The molecular formula is C25H29FN4O3. The molecule has 33 heavy (non-hydrogen) atoms. The number of carbonyl (C=O) groups is 1. The van der Waals surface area contributed by atoms with Crippen LogP contribution < -0.4 is 15.8 Å². The van der Waals surface area contributed by atoms with Gasteiger partial charge in [0.15, 0.2) is 5.82 Å². The lowest BCUT2D eigenvalue weighted by atomic mass is 9.83. The van der Waals surface area contributed by atoms with Crippen molar-refractivity contribution in [3.05, 3.63) is 69.4 Å². The third-order valence-electron chi connectivity index (χ3n) is 6.43. The molecule has 3 heterocycles. The first kappa shape index (κ1) is 22.8. The number of aryl methyl sites for hydroxylation is 1. The summed E-state index contributed by atoms with van der Waals surface area (Å²) in [7, 11) is 0. The Bertz CT molecular complexity index is 1270. The van der Waals surface area contributed by atoms with E-state index in [0.29, 0.717) is 30.0 Å². The number of hydrogen-bond acceptors (Lipinski definition) is 5. The van der Waals surface area contributed by atoms with Crippen molar-refractivity contribution in [3.8, 4) is 0 Å². The van der Waals surface area contributed by atoms with E-state index in [1.807, 2.05) is 24.8 Å². The minimum Gasteiger partial charge on any atom is -0.478 e. The zero-order chi connectivity index (χ0) is 23.9. The summed E-state index contributed by atoms with van der Waals surface area (Å²) >= 11 is 0. The van der Waals surface area contributed by atoms with Crippen LogP contribution in [0.2, 0.25) is 0 Å². The monoisotopic (exact) mass is 452 g/mol. The average molecular weight is 453 g/mol. The number of carboxylic acid groups (broad SMARTS) is 1. The van der Waals surface area contributed by atoms with Crippen molar-refractivity contribution in [1.82, 2.24) is 9.38 Å². The summed E-state index contributed by atoms with van der Waals surface area (Å²) in [5.41, 5.74) is 1.87. The highest BCUT2D eigenvalue weighted by atomic mass is 19.1. The number of hydrogen-bond donors (Lipinski definition) is 2. The molecule has 0 saturated carbocycles. The van der Waals surface area contributed by atoms with Crippen LogP contribution in [0.25, 0.3) is 5.65 Å². The highest BCUT2D eigenvalue weighted by Crippen LogP contribution is 2.33. The number of nitrogens with zero attached hydrogens (tertiary/aromatic N) is 3. The van der Waals surface area contributed by atoms with E-state index < -0.39 is 17.3 Å². The molecule has 3 aromatic rings. The highest BCUT2D eigenvalue weighted by Gasteiger charge is 2.29. The predicted octanol–water partition coefficient (Wildman–Crippen LogP) is 4.64. The molecule has 1 aromatic carbocycles. The van der Waals surface area contributed by atoms with E-state index in [1.165, 1.54) is 10.5 Å². The van der Waals surface area contributed by atoms with Crippen LogP contribution in [0.15, 0.2) is 41.3 Å². The summed E-state index contributed by atoms with van der Waals surface area (Å²) in [5, 5.41) is 12.7. The Hall–Kier alpha value is -3.42. The van der Waals surface area contributed by atoms with Gasteiger partial charge in [-0.1, -0.05) is 26.0 Å². The van der Waals surface area contributed by atoms with Crippen LogP contribution in [0.4, 0.5) is 15.9 Å². The number of pyridine rings is 1. The maximum Gasteiger partial charge on any atom is 0.337 e. The van der Waals surface area contributed by atoms with Gasteiger partial charge in [0.1, 0.15) is 5.65 Å². The first-order valence-corrected chi connectivity index (χ1v) is 11.1. The lowest BCUT2D eigenvalue weighted by Crippen LogP contribution is -2.39. The van der Waals surface area contributed by atoms with E-state index >= 15 is 4.39 Å². The second-order valence-electron chi connectivity index (χ2n) is 9.59. The number of fused-ring (bicyclic) bond motifs is 1. The minimum absolute atomic E-state index is 0.0822. The molecule has 2 N–H and O–H groups in total. The van der Waals surface area contributed by atoms with Crippen molar-refractivity contribution in [2.45, 2.75) is 46.6 Å². The third kappa shape index (κ3) is 4.42. The van der Waals surface area contributed by atoms with Crippen molar-refractivity contribution in [3.63, 3.8) is 0 Å². The molecular weight excluding hydrogens is 423 g/mol. The lowest BCUT2D eigenvalue weighted by Gasteiger charge is -2.37. The number of nitrogens with one attached hydrogen (secondary N) is 1. The number of benzene rings is 1.